The van der Waals surface area contributed by atoms with Gasteiger partial charge in [0.25, 0.3) is 5.91 Å². The molecule has 2 fully saturated rings. The molecule has 3 rings (SSSR count). The first-order chi connectivity index (χ1) is 9.41. The Hall–Kier alpha value is -0.940. The van der Waals surface area contributed by atoms with Gasteiger partial charge in [0.15, 0.2) is 0 Å². The number of carbonyl (C=O) groups excluding carboxylic acids is 1. The number of nitrogens with one attached hydrogen (secondary N) is 1. The Morgan fingerprint density at radius 1 is 1.45 bits per heavy atom. The highest BCUT2D eigenvalue weighted by Crippen LogP contribution is 2.41. The molecule has 1 amide bonds. The molecule has 2 aliphatic heterocycles. The summed E-state index contributed by atoms with van der Waals surface area (Å²) in [5.74, 6) is 0.668. The van der Waals surface area contributed by atoms with Crippen molar-refractivity contribution in [2.24, 2.45) is 11.8 Å². The zero-order valence-electron chi connectivity index (χ0n) is 11.6. The van der Waals surface area contributed by atoms with Crippen LogP contribution in [0.3, 0.4) is 0 Å². The van der Waals surface area contributed by atoms with Crippen molar-refractivity contribution in [3.63, 3.8) is 0 Å². The Balaban J connectivity index is 1.89. The zero-order valence-corrected chi connectivity index (χ0v) is 13.2. The summed E-state index contributed by atoms with van der Waals surface area (Å²) in [5.41, 5.74) is 0.380. The van der Waals surface area contributed by atoms with Crippen molar-refractivity contribution >= 4 is 21.8 Å². The second kappa shape index (κ2) is 4.81. The maximum atomic E-state index is 13.3. The molecule has 20 heavy (non-hydrogen) atoms. The molecule has 1 aromatic carbocycles. The van der Waals surface area contributed by atoms with Crippen molar-refractivity contribution in [3.05, 3.63) is 34.1 Å². The average Bonchev–Trinajstić information content (AvgIpc) is 2.95. The number of fused-ring (bicyclic) bond motifs is 1. The molecule has 0 spiro atoms. The zero-order chi connectivity index (χ0) is 14.5. The van der Waals surface area contributed by atoms with Crippen LogP contribution in [0.1, 0.15) is 24.2 Å². The molecule has 2 saturated heterocycles. The molecule has 3 nitrogen and oxygen atoms in total. The molecule has 2 heterocycles. The molecule has 1 N–H and O–H groups in total. The maximum Gasteiger partial charge on any atom is 0.254 e. The third-order valence-electron chi connectivity index (χ3n) is 4.77. The lowest BCUT2D eigenvalue weighted by Crippen LogP contribution is -2.47. The largest absolute Gasteiger partial charge is 0.333 e. The molecule has 1 aromatic rings. The minimum atomic E-state index is -0.344. The van der Waals surface area contributed by atoms with E-state index >= 15 is 0 Å². The van der Waals surface area contributed by atoms with Gasteiger partial charge < -0.3 is 10.2 Å². The summed E-state index contributed by atoms with van der Waals surface area (Å²) in [5, 5.41) is 3.40. The number of carbonyl (C=O) groups is 1. The topological polar surface area (TPSA) is 32.3 Å². The Labute approximate surface area is 126 Å². The predicted octanol–water partition coefficient (Wildman–Crippen LogP) is 2.66. The Morgan fingerprint density at radius 2 is 2.20 bits per heavy atom. The standard InChI is InChI=1S/C15H18BrFN2O/c1-15(2)11-7-18-6-10(11)8-19(15)14(20)9-3-4-13(17)12(16)5-9/h3-5,10-11,18H,6-8H2,1-2H3. The van der Waals surface area contributed by atoms with Crippen LogP contribution in [0.25, 0.3) is 0 Å². The normalized spacial score (nSPS) is 27.7. The highest BCUT2D eigenvalue weighted by atomic mass is 79.9. The van der Waals surface area contributed by atoms with E-state index in [1.807, 2.05) is 4.90 Å². The van der Waals surface area contributed by atoms with Crippen molar-refractivity contribution in [1.82, 2.24) is 10.2 Å². The molecule has 108 valence electrons. The Kier molecular flexibility index (Phi) is 3.37. The highest BCUT2D eigenvalue weighted by Gasteiger charge is 2.51. The van der Waals surface area contributed by atoms with E-state index in [1.54, 1.807) is 12.1 Å². The monoisotopic (exact) mass is 340 g/mol. The van der Waals surface area contributed by atoms with E-state index in [0.717, 1.165) is 19.6 Å². The summed E-state index contributed by atoms with van der Waals surface area (Å²) in [6.07, 6.45) is 0. The van der Waals surface area contributed by atoms with Gasteiger partial charge in [0.2, 0.25) is 0 Å². The van der Waals surface area contributed by atoms with Crippen LogP contribution >= 0.6 is 15.9 Å². The molecular weight excluding hydrogens is 323 g/mol. The summed E-state index contributed by atoms with van der Waals surface area (Å²) < 4.78 is 13.6. The van der Waals surface area contributed by atoms with Crippen LogP contribution in [0.4, 0.5) is 4.39 Å². The van der Waals surface area contributed by atoms with Gasteiger partial charge in [-0.05, 0) is 59.8 Å². The van der Waals surface area contributed by atoms with E-state index in [1.165, 1.54) is 6.07 Å². The van der Waals surface area contributed by atoms with Crippen molar-refractivity contribution in [2.75, 3.05) is 19.6 Å². The minimum Gasteiger partial charge on any atom is -0.333 e. The molecule has 2 aliphatic rings. The van der Waals surface area contributed by atoms with Crippen molar-refractivity contribution in [2.45, 2.75) is 19.4 Å². The lowest BCUT2D eigenvalue weighted by atomic mass is 9.84. The number of amides is 1. The third kappa shape index (κ3) is 2.07. The molecular formula is C15H18BrFN2O. The number of nitrogens with zero attached hydrogens (tertiary/aromatic N) is 1. The summed E-state index contributed by atoms with van der Waals surface area (Å²) in [6, 6.07) is 4.47. The van der Waals surface area contributed by atoms with Crippen LogP contribution in [-0.4, -0.2) is 36.0 Å². The molecule has 2 unspecified atom stereocenters. The highest BCUT2D eigenvalue weighted by molar-refractivity contribution is 9.10. The van der Waals surface area contributed by atoms with Crippen molar-refractivity contribution < 1.29 is 9.18 Å². The van der Waals surface area contributed by atoms with Gasteiger partial charge >= 0.3 is 0 Å². The van der Waals surface area contributed by atoms with E-state index < -0.39 is 0 Å². The molecule has 2 atom stereocenters. The van der Waals surface area contributed by atoms with Gasteiger partial charge in [0.05, 0.1) is 4.47 Å². The second-order valence-corrected chi connectivity index (χ2v) is 7.08. The van der Waals surface area contributed by atoms with Crippen LogP contribution in [0, 0.1) is 17.7 Å². The van der Waals surface area contributed by atoms with Gasteiger partial charge in [-0.3, -0.25) is 4.79 Å². The second-order valence-electron chi connectivity index (χ2n) is 6.22. The smallest absolute Gasteiger partial charge is 0.254 e. The summed E-state index contributed by atoms with van der Waals surface area (Å²) >= 11 is 3.14. The van der Waals surface area contributed by atoms with Crippen LogP contribution in [-0.2, 0) is 0 Å². The fourth-order valence-electron chi connectivity index (χ4n) is 3.55. The van der Waals surface area contributed by atoms with E-state index in [4.69, 9.17) is 0 Å². The number of halogens is 2. The molecule has 0 saturated carbocycles. The quantitative estimate of drug-likeness (QED) is 0.852. The van der Waals surface area contributed by atoms with E-state index in [9.17, 15) is 9.18 Å². The van der Waals surface area contributed by atoms with Gasteiger partial charge in [-0.1, -0.05) is 0 Å². The maximum absolute atomic E-state index is 13.3. The van der Waals surface area contributed by atoms with E-state index in [0.29, 0.717) is 21.9 Å². The lowest BCUT2D eigenvalue weighted by Gasteiger charge is -2.35. The molecule has 0 aromatic heterocycles. The van der Waals surface area contributed by atoms with Gasteiger partial charge in [-0.15, -0.1) is 0 Å². The van der Waals surface area contributed by atoms with Gasteiger partial charge in [-0.25, -0.2) is 4.39 Å². The van der Waals surface area contributed by atoms with Gasteiger partial charge in [0.1, 0.15) is 5.82 Å². The van der Waals surface area contributed by atoms with Crippen molar-refractivity contribution in [1.29, 1.82) is 0 Å². The predicted molar refractivity (Wildman–Crippen MR) is 79.1 cm³/mol. The van der Waals surface area contributed by atoms with Gasteiger partial charge in [0, 0.05) is 30.7 Å². The SMILES string of the molecule is CC1(C)C2CNCC2CN1C(=O)c1ccc(F)c(Br)c1. The first kappa shape index (κ1) is 14.0. The van der Waals surface area contributed by atoms with Crippen molar-refractivity contribution in [3.8, 4) is 0 Å². The first-order valence-electron chi connectivity index (χ1n) is 6.89. The summed E-state index contributed by atoms with van der Waals surface area (Å²) in [7, 11) is 0. The van der Waals surface area contributed by atoms with Gasteiger partial charge in [-0.2, -0.15) is 0 Å². The van der Waals surface area contributed by atoms with Crippen LogP contribution in [0.2, 0.25) is 0 Å². The van der Waals surface area contributed by atoms with E-state index in [-0.39, 0.29) is 17.3 Å². The fourth-order valence-corrected chi connectivity index (χ4v) is 3.93. The Bertz CT molecular complexity index is 561. The summed E-state index contributed by atoms with van der Waals surface area (Å²) in [4.78, 5) is 14.7. The van der Waals surface area contributed by atoms with Crippen LogP contribution in [0.5, 0.6) is 0 Å². The van der Waals surface area contributed by atoms with E-state index in [2.05, 4.69) is 35.1 Å². The first-order valence-corrected chi connectivity index (χ1v) is 7.68. The number of rotatable bonds is 1. The third-order valence-corrected chi connectivity index (χ3v) is 5.38. The fraction of sp³-hybridized carbons (Fsp3) is 0.533. The summed E-state index contributed by atoms with van der Waals surface area (Å²) in [6.45, 7) is 6.97. The minimum absolute atomic E-state index is 0.00917. The molecule has 0 aliphatic carbocycles. The molecule has 5 heteroatoms. The number of benzene rings is 1. The number of hydrogen-bond donors (Lipinski definition) is 1. The number of hydrogen-bond acceptors (Lipinski definition) is 2. The average molecular weight is 341 g/mol. The molecule has 0 radical (unpaired) electrons. The number of likely N-dealkylation sites (tertiary alicyclic amines) is 1. The lowest BCUT2D eigenvalue weighted by molar-refractivity contribution is 0.0603. The Morgan fingerprint density at radius 3 is 2.85 bits per heavy atom. The molecule has 0 bridgehead atoms. The van der Waals surface area contributed by atoms with Crippen LogP contribution in [0.15, 0.2) is 22.7 Å². The van der Waals surface area contributed by atoms with Crippen LogP contribution < -0.4 is 5.32 Å².